The van der Waals surface area contributed by atoms with E-state index in [1.165, 1.54) is 26.4 Å². The first-order valence-corrected chi connectivity index (χ1v) is 5.60. The molecule has 0 radical (unpaired) electrons. The second-order valence-electron chi connectivity index (χ2n) is 3.86. The molecular formula is C11H13ClF2N2O3. The number of rotatable bonds is 5. The topological polar surface area (TPSA) is 51.7 Å². The van der Waals surface area contributed by atoms with Crippen molar-refractivity contribution in [3.05, 3.63) is 22.8 Å². The van der Waals surface area contributed by atoms with Crippen LogP contribution in [0.3, 0.4) is 0 Å². The summed E-state index contributed by atoms with van der Waals surface area (Å²) in [5.41, 5.74) is 0.157. The molecule has 0 fully saturated rings. The van der Waals surface area contributed by atoms with Gasteiger partial charge in [-0.05, 0) is 6.07 Å². The van der Waals surface area contributed by atoms with E-state index in [-0.39, 0.29) is 16.5 Å². The summed E-state index contributed by atoms with van der Waals surface area (Å²) in [5.74, 6) is -3.61. The minimum absolute atomic E-state index is 0.0281. The van der Waals surface area contributed by atoms with Gasteiger partial charge in [0, 0.05) is 20.2 Å². The smallest absolute Gasteiger partial charge is 0.278 e. The van der Waals surface area contributed by atoms with Crippen LogP contribution in [0, 0.1) is 0 Å². The number of carbonyl (C=O) groups excluding carboxylic acids is 1. The van der Waals surface area contributed by atoms with Crippen LogP contribution in [0.4, 0.5) is 8.78 Å². The summed E-state index contributed by atoms with van der Waals surface area (Å²) < 4.78 is 30.0. The number of halogens is 3. The molecule has 0 aliphatic heterocycles. The molecule has 8 heteroatoms. The van der Waals surface area contributed by atoms with Crippen LogP contribution in [0.2, 0.25) is 5.02 Å². The van der Waals surface area contributed by atoms with Gasteiger partial charge in [-0.3, -0.25) is 9.63 Å². The highest BCUT2D eigenvalue weighted by Gasteiger charge is 2.23. The Morgan fingerprint density at radius 1 is 1.58 bits per heavy atom. The van der Waals surface area contributed by atoms with E-state index >= 15 is 0 Å². The fourth-order valence-corrected chi connectivity index (χ4v) is 1.33. The fourth-order valence-electron chi connectivity index (χ4n) is 1.11. The first kappa shape index (κ1) is 15.6. The van der Waals surface area contributed by atoms with Gasteiger partial charge in [-0.25, -0.2) is 18.8 Å². The third-order valence-corrected chi connectivity index (χ3v) is 2.35. The zero-order chi connectivity index (χ0) is 14.6. The molecule has 0 saturated heterocycles. The highest BCUT2D eigenvalue weighted by atomic mass is 35.5. The lowest BCUT2D eigenvalue weighted by Crippen LogP contribution is -2.25. The van der Waals surface area contributed by atoms with Gasteiger partial charge >= 0.3 is 0 Å². The van der Waals surface area contributed by atoms with Gasteiger partial charge in [0.15, 0.2) is 6.61 Å². The van der Waals surface area contributed by atoms with E-state index in [9.17, 15) is 13.6 Å². The SMILES string of the molecule is CON(C)C(=O)c1cnc(OCC(C)(F)F)c(Cl)c1. The van der Waals surface area contributed by atoms with E-state index in [4.69, 9.17) is 21.2 Å². The minimum Gasteiger partial charge on any atom is -0.470 e. The Bertz CT molecular complexity index is 466. The molecule has 0 aromatic carbocycles. The number of pyridine rings is 1. The summed E-state index contributed by atoms with van der Waals surface area (Å²) in [4.78, 5) is 20.1. The van der Waals surface area contributed by atoms with Crippen LogP contribution < -0.4 is 4.74 Å². The van der Waals surface area contributed by atoms with Crippen LogP contribution in [0.1, 0.15) is 17.3 Å². The van der Waals surface area contributed by atoms with E-state index < -0.39 is 18.4 Å². The summed E-state index contributed by atoms with van der Waals surface area (Å²) in [6, 6.07) is 1.27. The van der Waals surface area contributed by atoms with Crippen molar-refractivity contribution < 1.29 is 23.1 Å². The Balaban J connectivity index is 2.83. The number of alkyl halides is 2. The van der Waals surface area contributed by atoms with E-state index in [0.29, 0.717) is 6.92 Å². The lowest BCUT2D eigenvalue weighted by Gasteiger charge is -2.15. The van der Waals surface area contributed by atoms with Crippen LogP contribution in [-0.2, 0) is 4.84 Å². The van der Waals surface area contributed by atoms with E-state index in [0.717, 1.165) is 5.06 Å². The van der Waals surface area contributed by atoms with Crippen molar-refractivity contribution in [1.82, 2.24) is 10.0 Å². The maximum absolute atomic E-state index is 12.6. The molecule has 1 aromatic rings. The zero-order valence-corrected chi connectivity index (χ0v) is 11.4. The van der Waals surface area contributed by atoms with Crippen molar-refractivity contribution in [2.24, 2.45) is 0 Å². The molecule has 0 unspecified atom stereocenters. The maximum atomic E-state index is 12.6. The monoisotopic (exact) mass is 294 g/mol. The number of ether oxygens (including phenoxy) is 1. The third-order valence-electron chi connectivity index (χ3n) is 2.08. The zero-order valence-electron chi connectivity index (χ0n) is 10.6. The second-order valence-corrected chi connectivity index (χ2v) is 4.26. The van der Waals surface area contributed by atoms with Gasteiger partial charge in [-0.2, -0.15) is 0 Å². The van der Waals surface area contributed by atoms with Gasteiger partial charge < -0.3 is 4.74 Å². The molecule has 1 heterocycles. The van der Waals surface area contributed by atoms with Crippen LogP contribution in [0.25, 0.3) is 0 Å². The van der Waals surface area contributed by atoms with Crippen molar-refractivity contribution in [3.8, 4) is 5.88 Å². The fraction of sp³-hybridized carbons (Fsp3) is 0.455. The molecule has 1 rings (SSSR count). The molecule has 0 spiro atoms. The van der Waals surface area contributed by atoms with Crippen LogP contribution in [0.5, 0.6) is 5.88 Å². The van der Waals surface area contributed by atoms with Crippen LogP contribution in [0.15, 0.2) is 12.3 Å². The van der Waals surface area contributed by atoms with Gasteiger partial charge in [0.1, 0.15) is 5.02 Å². The summed E-state index contributed by atoms with van der Waals surface area (Å²) >= 11 is 5.81. The number of hydroxylamine groups is 2. The Morgan fingerprint density at radius 2 is 2.21 bits per heavy atom. The third kappa shape index (κ3) is 4.60. The molecule has 0 atom stereocenters. The summed E-state index contributed by atoms with van der Waals surface area (Å²) in [5, 5.41) is 0.952. The number of aromatic nitrogens is 1. The largest absolute Gasteiger partial charge is 0.470 e. The molecule has 1 aromatic heterocycles. The van der Waals surface area contributed by atoms with Crippen molar-refractivity contribution in [1.29, 1.82) is 0 Å². The molecule has 0 N–H and O–H groups in total. The Morgan fingerprint density at radius 3 is 2.68 bits per heavy atom. The van der Waals surface area contributed by atoms with E-state index in [1.54, 1.807) is 0 Å². The van der Waals surface area contributed by atoms with Crippen molar-refractivity contribution in [3.63, 3.8) is 0 Å². The molecule has 0 bridgehead atoms. The van der Waals surface area contributed by atoms with Gasteiger partial charge in [0.2, 0.25) is 5.88 Å². The molecule has 5 nitrogen and oxygen atoms in total. The molecule has 0 aliphatic carbocycles. The average Bonchev–Trinajstić information content (AvgIpc) is 2.34. The average molecular weight is 295 g/mol. The molecule has 106 valence electrons. The van der Waals surface area contributed by atoms with E-state index in [2.05, 4.69) is 4.98 Å². The predicted octanol–water partition coefficient (Wildman–Crippen LogP) is 2.40. The normalized spacial score (nSPS) is 11.3. The number of carbonyl (C=O) groups is 1. The first-order chi connectivity index (χ1) is 8.74. The van der Waals surface area contributed by atoms with Crippen LogP contribution >= 0.6 is 11.6 Å². The number of hydrogen-bond acceptors (Lipinski definition) is 4. The maximum Gasteiger partial charge on any atom is 0.278 e. The minimum atomic E-state index is -2.99. The lowest BCUT2D eigenvalue weighted by atomic mass is 10.2. The molecule has 0 aliphatic rings. The lowest BCUT2D eigenvalue weighted by molar-refractivity contribution is -0.0757. The molecule has 0 saturated carbocycles. The van der Waals surface area contributed by atoms with Crippen molar-refractivity contribution in [2.45, 2.75) is 12.8 Å². The second kappa shape index (κ2) is 6.12. The Kier molecular flexibility index (Phi) is 5.02. The van der Waals surface area contributed by atoms with Gasteiger partial charge in [-0.1, -0.05) is 11.6 Å². The standard InChI is InChI=1S/C11H13ClF2N2O3/c1-11(13,14)6-19-9-8(12)4-7(5-15-9)10(17)16(2)18-3/h4-5H,6H2,1-3H3. The molecule has 19 heavy (non-hydrogen) atoms. The van der Waals surface area contributed by atoms with Gasteiger partial charge in [0.05, 0.1) is 12.7 Å². The quantitative estimate of drug-likeness (QED) is 0.783. The van der Waals surface area contributed by atoms with E-state index in [1.807, 2.05) is 0 Å². The highest BCUT2D eigenvalue weighted by Crippen LogP contribution is 2.24. The van der Waals surface area contributed by atoms with Gasteiger partial charge in [-0.15, -0.1) is 0 Å². The highest BCUT2D eigenvalue weighted by molar-refractivity contribution is 6.32. The number of nitrogens with zero attached hydrogens (tertiary/aromatic N) is 2. The van der Waals surface area contributed by atoms with Crippen molar-refractivity contribution in [2.75, 3.05) is 20.8 Å². The number of amides is 1. The molecular weight excluding hydrogens is 282 g/mol. The summed E-state index contributed by atoms with van der Waals surface area (Å²) in [6.07, 6.45) is 1.17. The predicted molar refractivity (Wildman–Crippen MR) is 64.5 cm³/mol. The van der Waals surface area contributed by atoms with Crippen LogP contribution in [-0.4, -0.2) is 42.6 Å². The van der Waals surface area contributed by atoms with Crippen molar-refractivity contribution >= 4 is 17.5 Å². The molecule has 1 amide bonds. The Labute approximate surface area is 114 Å². The Hall–Kier alpha value is -1.47. The number of hydrogen-bond donors (Lipinski definition) is 0. The summed E-state index contributed by atoms with van der Waals surface area (Å²) in [6.45, 7) is -0.128. The van der Waals surface area contributed by atoms with Gasteiger partial charge in [0.25, 0.3) is 11.8 Å². The first-order valence-electron chi connectivity index (χ1n) is 5.23. The summed E-state index contributed by atoms with van der Waals surface area (Å²) in [7, 11) is 2.74.